The van der Waals surface area contributed by atoms with Crippen LogP contribution in [0.4, 0.5) is 0 Å². The van der Waals surface area contributed by atoms with Gasteiger partial charge in [0.05, 0.1) is 10.0 Å². The Morgan fingerprint density at radius 2 is 1.95 bits per heavy atom. The number of hydrogen-bond donors (Lipinski definition) is 2. The summed E-state index contributed by atoms with van der Waals surface area (Å²) in [4.78, 5) is 32.0. The van der Waals surface area contributed by atoms with Crippen molar-refractivity contribution in [2.24, 2.45) is 7.05 Å². The molecule has 8 heteroatoms. The number of halogens is 2. The van der Waals surface area contributed by atoms with Crippen molar-refractivity contribution in [1.82, 2.24) is 19.5 Å². The van der Waals surface area contributed by atoms with Crippen LogP contribution in [0.1, 0.15) is 11.4 Å². The summed E-state index contributed by atoms with van der Waals surface area (Å²) in [5.41, 5.74) is 0.425. The standard InChI is InChI=1S/C13H10Cl2N4O2/c1-19-9(5-6-2-3-7(14)8(15)4-6)16-10-11(19)17-13(21)18-12(10)20/h2-4H,5H2,1H3,(H2,17,18,20,21). The quantitative estimate of drug-likeness (QED) is 0.754. The second-order valence-electron chi connectivity index (χ2n) is 4.62. The summed E-state index contributed by atoms with van der Waals surface area (Å²) in [7, 11) is 1.73. The number of fused-ring (bicyclic) bond motifs is 1. The van der Waals surface area contributed by atoms with E-state index in [1.54, 1.807) is 23.7 Å². The molecule has 108 valence electrons. The highest BCUT2D eigenvalue weighted by Crippen LogP contribution is 2.24. The third-order valence-corrected chi connectivity index (χ3v) is 3.95. The Kier molecular flexibility index (Phi) is 3.35. The molecule has 0 atom stereocenters. The van der Waals surface area contributed by atoms with Crippen LogP contribution < -0.4 is 11.2 Å². The summed E-state index contributed by atoms with van der Waals surface area (Å²) < 4.78 is 1.68. The molecule has 0 unspecified atom stereocenters. The maximum absolute atomic E-state index is 11.7. The molecule has 0 aliphatic rings. The monoisotopic (exact) mass is 324 g/mol. The van der Waals surface area contributed by atoms with Gasteiger partial charge in [0.25, 0.3) is 5.56 Å². The topological polar surface area (TPSA) is 83.5 Å². The summed E-state index contributed by atoms with van der Waals surface area (Å²) >= 11 is 11.9. The SMILES string of the molecule is Cn1c(Cc2ccc(Cl)c(Cl)c2)nc2c(=O)[nH]c(=O)[nH]c21. The van der Waals surface area contributed by atoms with Gasteiger partial charge in [-0.2, -0.15) is 0 Å². The van der Waals surface area contributed by atoms with E-state index in [0.717, 1.165) is 5.56 Å². The summed E-state index contributed by atoms with van der Waals surface area (Å²) in [5, 5.41) is 0.936. The number of hydrogen-bond acceptors (Lipinski definition) is 3. The van der Waals surface area contributed by atoms with Crippen molar-refractivity contribution in [3.05, 3.63) is 60.5 Å². The molecule has 0 radical (unpaired) electrons. The number of rotatable bonds is 2. The second kappa shape index (κ2) is 5.05. The fourth-order valence-electron chi connectivity index (χ4n) is 2.14. The summed E-state index contributed by atoms with van der Waals surface area (Å²) in [6, 6.07) is 5.29. The van der Waals surface area contributed by atoms with Crippen LogP contribution in [-0.2, 0) is 13.5 Å². The van der Waals surface area contributed by atoms with E-state index in [-0.39, 0.29) is 5.52 Å². The molecule has 0 spiro atoms. The van der Waals surface area contributed by atoms with Crippen molar-refractivity contribution in [3.63, 3.8) is 0 Å². The Hall–Kier alpha value is -2.05. The minimum absolute atomic E-state index is 0.201. The van der Waals surface area contributed by atoms with Crippen LogP contribution in [0.2, 0.25) is 10.0 Å². The number of aromatic amines is 2. The van der Waals surface area contributed by atoms with Gasteiger partial charge in [0.1, 0.15) is 11.5 Å². The number of nitrogens with one attached hydrogen (secondary N) is 2. The zero-order valence-corrected chi connectivity index (χ0v) is 12.4. The van der Waals surface area contributed by atoms with Gasteiger partial charge < -0.3 is 4.57 Å². The predicted octanol–water partition coefficient (Wildman–Crippen LogP) is 1.85. The Morgan fingerprint density at radius 1 is 1.19 bits per heavy atom. The van der Waals surface area contributed by atoms with Gasteiger partial charge in [0.15, 0.2) is 5.52 Å². The first kappa shape index (κ1) is 13.9. The van der Waals surface area contributed by atoms with Gasteiger partial charge in [-0.15, -0.1) is 0 Å². The molecule has 2 N–H and O–H groups in total. The molecule has 0 bridgehead atoms. The molecule has 2 aromatic heterocycles. The van der Waals surface area contributed by atoms with Crippen LogP contribution in [0, 0.1) is 0 Å². The van der Waals surface area contributed by atoms with E-state index < -0.39 is 11.2 Å². The van der Waals surface area contributed by atoms with Gasteiger partial charge in [-0.25, -0.2) is 9.78 Å². The molecule has 3 rings (SSSR count). The van der Waals surface area contributed by atoms with Crippen molar-refractivity contribution in [2.75, 3.05) is 0 Å². The largest absolute Gasteiger partial charge is 0.327 e. The molecule has 3 aromatic rings. The van der Waals surface area contributed by atoms with Gasteiger partial charge in [-0.3, -0.25) is 14.8 Å². The first-order chi connectivity index (χ1) is 9.95. The van der Waals surface area contributed by atoms with Gasteiger partial charge in [0, 0.05) is 13.5 Å². The lowest BCUT2D eigenvalue weighted by atomic mass is 10.1. The molecule has 0 fully saturated rings. The number of benzene rings is 1. The van der Waals surface area contributed by atoms with Crippen molar-refractivity contribution in [1.29, 1.82) is 0 Å². The fraction of sp³-hybridized carbons (Fsp3) is 0.154. The Labute approximate surface area is 128 Å². The smallest absolute Gasteiger partial charge is 0.317 e. The maximum atomic E-state index is 11.7. The van der Waals surface area contributed by atoms with Gasteiger partial charge in [-0.05, 0) is 17.7 Å². The lowest BCUT2D eigenvalue weighted by Crippen LogP contribution is -2.22. The highest BCUT2D eigenvalue weighted by Gasteiger charge is 2.13. The predicted molar refractivity (Wildman–Crippen MR) is 81.2 cm³/mol. The van der Waals surface area contributed by atoms with Gasteiger partial charge in [0.2, 0.25) is 0 Å². The summed E-state index contributed by atoms with van der Waals surface area (Å²) in [5.74, 6) is 0.635. The number of H-pyrrole nitrogens is 2. The van der Waals surface area contributed by atoms with Crippen LogP contribution in [-0.4, -0.2) is 19.5 Å². The molecule has 0 amide bonds. The van der Waals surface area contributed by atoms with Crippen molar-refractivity contribution >= 4 is 34.4 Å². The molecular weight excluding hydrogens is 315 g/mol. The van der Waals surface area contributed by atoms with Crippen LogP contribution in [0.5, 0.6) is 0 Å². The third kappa shape index (κ3) is 2.48. The van der Waals surface area contributed by atoms with E-state index in [0.29, 0.717) is 27.9 Å². The Balaban J connectivity index is 2.11. The van der Waals surface area contributed by atoms with Crippen molar-refractivity contribution in [3.8, 4) is 0 Å². The first-order valence-electron chi connectivity index (χ1n) is 6.07. The summed E-state index contributed by atoms with van der Waals surface area (Å²) in [6.45, 7) is 0. The van der Waals surface area contributed by atoms with Gasteiger partial charge >= 0.3 is 5.69 Å². The Bertz CT molecular complexity index is 955. The van der Waals surface area contributed by atoms with Crippen LogP contribution in [0.15, 0.2) is 27.8 Å². The second-order valence-corrected chi connectivity index (χ2v) is 5.43. The molecule has 21 heavy (non-hydrogen) atoms. The lowest BCUT2D eigenvalue weighted by molar-refractivity contribution is 0.833. The van der Waals surface area contributed by atoms with Crippen LogP contribution in [0.3, 0.4) is 0 Å². The van der Waals surface area contributed by atoms with Crippen molar-refractivity contribution < 1.29 is 0 Å². The molecular formula is C13H10Cl2N4O2. The highest BCUT2D eigenvalue weighted by molar-refractivity contribution is 6.42. The molecule has 0 saturated heterocycles. The average Bonchev–Trinajstić information content (AvgIpc) is 2.72. The first-order valence-corrected chi connectivity index (χ1v) is 6.83. The van der Waals surface area contributed by atoms with E-state index in [9.17, 15) is 9.59 Å². The van der Waals surface area contributed by atoms with E-state index in [1.165, 1.54) is 0 Å². The number of imidazole rings is 1. The highest BCUT2D eigenvalue weighted by atomic mass is 35.5. The third-order valence-electron chi connectivity index (χ3n) is 3.21. The minimum Gasteiger partial charge on any atom is -0.317 e. The van der Waals surface area contributed by atoms with E-state index in [4.69, 9.17) is 23.2 Å². The van der Waals surface area contributed by atoms with E-state index in [2.05, 4.69) is 15.0 Å². The van der Waals surface area contributed by atoms with Gasteiger partial charge in [-0.1, -0.05) is 29.3 Å². The van der Waals surface area contributed by atoms with Crippen LogP contribution in [0.25, 0.3) is 11.2 Å². The Morgan fingerprint density at radius 3 is 2.67 bits per heavy atom. The minimum atomic E-state index is -0.559. The van der Waals surface area contributed by atoms with E-state index >= 15 is 0 Å². The van der Waals surface area contributed by atoms with Crippen molar-refractivity contribution in [2.45, 2.75) is 6.42 Å². The maximum Gasteiger partial charge on any atom is 0.327 e. The fourth-order valence-corrected chi connectivity index (χ4v) is 2.46. The molecule has 0 aliphatic heterocycles. The number of aromatic nitrogens is 4. The molecule has 2 heterocycles. The normalized spacial score (nSPS) is 11.2. The zero-order chi connectivity index (χ0) is 15.1. The number of nitrogens with zero attached hydrogens (tertiary/aromatic N) is 2. The molecule has 6 nitrogen and oxygen atoms in total. The average molecular weight is 325 g/mol. The zero-order valence-electron chi connectivity index (χ0n) is 10.9. The number of aryl methyl sites for hydroxylation is 1. The molecule has 1 aromatic carbocycles. The van der Waals surface area contributed by atoms with Crippen LogP contribution >= 0.6 is 23.2 Å². The summed E-state index contributed by atoms with van der Waals surface area (Å²) in [6.07, 6.45) is 0.462. The molecule has 0 aliphatic carbocycles. The molecule has 0 saturated carbocycles. The van der Waals surface area contributed by atoms with E-state index in [1.807, 2.05) is 6.07 Å². The lowest BCUT2D eigenvalue weighted by Gasteiger charge is -2.04.